The quantitative estimate of drug-likeness (QED) is 0.393. The van der Waals surface area contributed by atoms with E-state index in [9.17, 15) is 4.79 Å². The molecule has 0 radical (unpaired) electrons. The van der Waals surface area contributed by atoms with Gasteiger partial charge in [0.1, 0.15) is 28.9 Å². The van der Waals surface area contributed by atoms with Gasteiger partial charge in [0, 0.05) is 0 Å². The van der Waals surface area contributed by atoms with Crippen molar-refractivity contribution < 1.29 is 18.4 Å². The molecule has 2 aliphatic heterocycles. The second-order valence-corrected chi connectivity index (χ2v) is 8.66. The zero-order valence-corrected chi connectivity index (χ0v) is 18.2. The summed E-state index contributed by atoms with van der Waals surface area (Å²) in [7, 11) is 0. The molecular formula is C22H16N4O4S2. The highest BCUT2D eigenvalue weighted by molar-refractivity contribution is 8.27. The minimum Gasteiger partial charge on any atom is -0.487 e. The normalized spacial score (nSPS) is 16.9. The van der Waals surface area contributed by atoms with Crippen molar-refractivity contribution in [2.45, 2.75) is 10.8 Å². The van der Waals surface area contributed by atoms with Crippen molar-refractivity contribution in [2.24, 2.45) is 10.1 Å². The van der Waals surface area contributed by atoms with Gasteiger partial charge in [-0.15, -0.1) is 0 Å². The van der Waals surface area contributed by atoms with E-state index in [0.717, 1.165) is 5.76 Å². The first-order chi connectivity index (χ1) is 15.7. The molecule has 0 saturated heterocycles. The highest BCUT2D eigenvalue weighted by Gasteiger charge is 2.36. The van der Waals surface area contributed by atoms with Gasteiger partial charge in [-0.05, 0) is 54.2 Å². The van der Waals surface area contributed by atoms with Gasteiger partial charge in [0.25, 0.3) is 5.91 Å². The molecule has 0 spiro atoms. The summed E-state index contributed by atoms with van der Waals surface area (Å²) in [5, 5.41) is 15.8. The molecule has 4 heterocycles. The van der Waals surface area contributed by atoms with Crippen molar-refractivity contribution in [1.29, 1.82) is 5.41 Å². The second kappa shape index (κ2) is 8.93. The highest BCUT2D eigenvalue weighted by atomic mass is 32.2. The maximum absolute atomic E-state index is 12.5. The number of hydrazone groups is 1. The van der Waals surface area contributed by atoms with Gasteiger partial charge in [-0.1, -0.05) is 30.0 Å². The number of rotatable bonds is 7. The van der Waals surface area contributed by atoms with Crippen LogP contribution in [-0.2, 0) is 10.5 Å². The monoisotopic (exact) mass is 464 g/mol. The van der Waals surface area contributed by atoms with Crippen molar-refractivity contribution in [1.82, 2.24) is 5.01 Å². The fraction of sp³-hybridized carbons (Fsp3) is 0.0909. The number of carbonyl (C=O) groups is 1. The van der Waals surface area contributed by atoms with E-state index in [4.69, 9.17) is 19.0 Å². The first-order valence-electron chi connectivity index (χ1n) is 9.58. The Labute approximate surface area is 191 Å². The molecule has 0 bridgehead atoms. The van der Waals surface area contributed by atoms with Gasteiger partial charge in [-0.25, -0.2) is 0 Å². The summed E-state index contributed by atoms with van der Waals surface area (Å²) in [5.41, 5.74) is 0.111. The number of amidine groups is 2. The van der Waals surface area contributed by atoms with Crippen LogP contribution in [-0.4, -0.2) is 33.6 Å². The fourth-order valence-corrected chi connectivity index (χ4v) is 4.49. The summed E-state index contributed by atoms with van der Waals surface area (Å²) in [4.78, 5) is 16.6. The van der Waals surface area contributed by atoms with E-state index in [1.807, 2.05) is 48.5 Å². The lowest BCUT2D eigenvalue weighted by Gasteiger charge is -2.19. The van der Waals surface area contributed by atoms with E-state index < -0.39 is 5.91 Å². The molecule has 5 rings (SSSR count). The maximum atomic E-state index is 12.5. The lowest BCUT2D eigenvalue weighted by molar-refractivity contribution is -0.114. The number of hydrogen-bond acceptors (Lipinski definition) is 8. The number of nitrogens with one attached hydrogen (secondary N) is 1. The predicted molar refractivity (Wildman–Crippen MR) is 124 cm³/mol. The molecule has 8 nitrogen and oxygen atoms in total. The van der Waals surface area contributed by atoms with Gasteiger partial charge in [0.05, 0.1) is 17.6 Å². The molecule has 2 aliphatic rings. The van der Waals surface area contributed by atoms with Gasteiger partial charge in [0.2, 0.25) is 5.17 Å². The van der Waals surface area contributed by atoms with E-state index >= 15 is 0 Å². The summed E-state index contributed by atoms with van der Waals surface area (Å²) >= 11 is 2.69. The van der Waals surface area contributed by atoms with Crippen LogP contribution in [0, 0.1) is 5.41 Å². The van der Waals surface area contributed by atoms with Crippen molar-refractivity contribution in [3.05, 3.63) is 78.0 Å². The zero-order valence-electron chi connectivity index (χ0n) is 16.6. The summed E-state index contributed by atoms with van der Waals surface area (Å²) in [6.45, 7) is 0.221. The Hall–Kier alpha value is -3.50. The van der Waals surface area contributed by atoms with Crippen LogP contribution >= 0.6 is 23.5 Å². The van der Waals surface area contributed by atoms with Crippen LogP contribution in [0.1, 0.15) is 11.5 Å². The zero-order chi connectivity index (χ0) is 21.9. The Kier molecular flexibility index (Phi) is 5.70. The predicted octanol–water partition coefficient (Wildman–Crippen LogP) is 4.86. The molecule has 0 atom stereocenters. The Bertz CT molecular complexity index is 1250. The average Bonchev–Trinajstić information content (AvgIpc) is 3.55. The van der Waals surface area contributed by atoms with Crippen molar-refractivity contribution >= 4 is 51.6 Å². The average molecular weight is 465 g/mol. The molecule has 32 heavy (non-hydrogen) atoms. The van der Waals surface area contributed by atoms with Crippen LogP contribution < -0.4 is 4.74 Å². The SMILES string of the molecule is N=C1/C(=C/c2ccc(SCc3ccco3)o2)C(=O)N=C2SC(COc3ccccc3)=NN12. The second-order valence-electron chi connectivity index (χ2n) is 6.64. The molecule has 0 saturated carbocycles. The van der Waals surface area contributed by atoms with Crippen molar-refractivity contribution in [3.8, 4) is 5.75 Å². The molecule has 0 aliphatic carbocycles. The number of amides is 1. The summed E-state index contributed by atoms with van der Waals surface area (Å²) in [5.74, 6) is 2.09. The molecule has 10 heteroatoms. The van der Waals surface area contributed by atoms with Crippen LogP contribution in [0.2, 0.25) is 0 Å². The number of aliphatic imine (C=N–C) groups is 1. The van der Waals surface area contributed by atoms with Crippen LogP contribution in [0.15, 0.2) is 90.5 Å². The van der Waals surface area contributed by atoms with E-state index in [0.29, 0.717) is 32.6 Å². The first kappa shape index (κ1) is 20.4. The molecule has 0 fully saturated rings. The number of hydrogen-bond donors (Lipinski definition) is 1. The Balaban J connectivity index is 1.27. The number of nitrogens with zero attached hydrogens (tertiary/aromatic N) is 3. The Morgan fingerprint density at radius 1 is 1.16 bits per heavy atom. The molecule has 1 aromatic carbocycles. The van der Waals surface area contributed by atoms with Crippen LogP contribution in [0.5, 0.6) is 5.75 Å². The van der Waals surface area contributed by atoms with E-state index in [1.165, 1.54) is 34.6 Å². The smallest absolute Gasteiger partial charge is 0.283 e. The van der Waals surface area contributed by atoms with Crippen molar-refractivity contribution in [3.63, 3.8) is 0 Å². The molecule has 3 aromatic rings. The van der Waals surface area contributed by atoms with Crippen LogP contribution in [0.4, 0.5) is 0 Å². The maximum Gasteiger partial charge on any atom is 0.283 e. The largest absolute Gasteiger partial charge is 0.487 e. The lowest BCUT2D eigenvalue weighted by atomic mass is 10.1. The third-order valence-corrected chi connectivity index (χ3v) is 6.24. The number of benzene rings is 1. The number of para-hydroxylation sites is 1. The van der Waals surface area contributed by atoms with E-state index in [-0.39, 0.29) is 18.0 Å². The van der Waals surface area contributed by atoms with Gasteiger partial charge < -0.3 is 13.6 Å². The standard InChI is InChI=1S/C22H16N4O4S2/c23-20-17(11-15-8-9-19(30-15)31-13-16-7-4-10-28-16)21(27)24-22-26(20)25-18(32-22)12-29-14-5-2-1-3-6-14/h1-11,23H,12-13H2/b17-11-,23-20?. The van der Waals surface area contributed by atoms with Crippen LogP contribution in [0.3, 0.4) is 0 Å². The number of fused-ring (bicyclic) bond motifs is 1. The molecule has 2 aromatic heterocycles. The van der Waals surface area contributed by atoms with Crippen molar-refractivity contribution in [2.75, 3.05) is 6.61 Å². The first-order valence-corrected chi connectivity index (χ1v) is 11.4. The minimum absolute atomic E-state index is 0.0524. The number of carbonyl (C=O) groups excluding carboxylic acids is 1. The number of furan rings is 2. The third-order valence-electron chi connectivity index (χ3n) is 4.43. The molecule has 1 N–H and O–H groups in total. The molecular weight excluding hydrogens is 448 g/mol. The minimum atomic E-state index is -0.504. The van der Waals surface area contributed by atoms with E-state index in [1.54, 1.807) is 12.3 Å². The summed E-state index contributed by atoms with van der Waals surface area (Å²) in [6, 6.07) is 16.7. The number of ether oxygens (including phenoxy) is 1. The van der Waals surface area contributed by atoms with Gasteiger partial charge in [-0.3, -0.25) is 10.2 Å². The Morgan fingerprint density at radius 2 is 2.03 bits per heavy atom. The van der Waals surface area contributed by atoms with Gasteiger partial charge in [0.15, 0.2) is 10.9 Å². The molecule has 160 valence electrons. The molecule has 1 amide bonds. The molecule has 0 unspecified atom stereocenters. The third kappa shape index (κ3) is 4.41. The van der Waals surface area contributed by atoms with Crippen LogP contribution in [0.25, 0.3) is 6.08 Å². The number of thioether (sulfide) groups is 2. The van der Waals surface area contributed by atoms with Gasteiger partial charge >= 0.3 is 0 Å². The fourth-order valence-electron chi connectivity index (χ4n) is 2.92. The lowest BCUT2D eigenvalue weighted by Crippen LogP contribution is -2.35. The topological polar surface area (TPSA) is 104 Å². The highest BCUT2D eigenvalue weighted by Crippen LogP contribution is 2.30. The summed E-state index contributed by atoms with van der Waals surface area (Å²) in [6.07, 6.45) is 3.14. The Morgan fingerprint density at radius 3 is 2.84 bits per heavy atom. The van der Waals surface area contributed by atoms with E-state index in [2.05, 4.69) is 10.1 Å². The van der Waals surface area contributed by atoms with Gasteiger partial charge in [-0.2, -0.15) is 15.1 Å². The summed E-state index contributed by atoms with van der Waals surface area (Å²) < 4.78 is 16.8.